The predicted octanol–water partition coefficient (Wildman–Crippen LogP) is 2.77. The molecule has 0 radical (unpaired) electrons. The number of hydrogen-bond acceptors (Lipinski definition) is 7. The average Bonchev–Trinajstić information content (AvgIpc) is 3.18. The fourth-order valence-electron chi connectivity index (χ4n) is 2.78. The molecule has 0 amide bonds. The first-order chi connectivity index (χ1) is 13.3. The molecule has 0 saturated heterocycles. The predicted molar refractivity (Wildman–Crippen MR) is 93.1 cm³/mol. The molecule has 4 rings (SSSR count). The lowest BCUT2D eigenvalue weighted by Gasteiger charge is -2.09. The zero-order valence-corrected chi connectivity index (χ0v) is 14.9. The number of halogens is 3. The van der Waals surface area contributed by atoms with Gasteiger partial charge in [-0.15, -0.1) is 13.2 Å². The molecule has 0 bridgehead atoms. The van der Waals surface area contributed by atoms with Crippen molar-refractivity contribution >= 4 is 28.3 Å². The molecule has 0 saturated carbocycles. The number of nitrogens with one attached hydrogen (secondary N) is 1. The topological polar surface area (TPSA) is 95.1 Å². The maximum absolute atomic E-state index is 12.2. The molecule has 4 aromatic heterocycles. The average molecular weight is 392 g/mol. The Kier molecular flexibility index (Phi) is 4.34. The Balaban J connectivity index is 1.62. The van der Waals surface area contributed by atoms with Gasteiger partial charge in [-0.1, -0.05) is 0 Å². The third-order valence-corrected chi connectivity index (χ3v) is 4.11. The number of rotatable bonds is 5. The SMILES string of the molecule is Cc1cc2ncnn2cc1Nc1ncc2c(C)nn(CCOC(F)(F)F)c2n1. The minimum atomic E-state index is -4.68. The Hall–Kier alpha value is -3.28. The maximum Gasteiger partial charge on any atom is 0.522 e. The Morgan fingerprint density at radius 1 is 1.21 bits per heavy atom. The summed E-state index contributed by atoms with van der Waals surface area (Å²) in [5.41, 5.74) is 3.37. The quantitative estimate of drug-likeness (QED) is 0.558. The van der Waals surface area contributed by atoms with Gasteiger partial charge in [0, 0.05) is 6.20 Å². The van der Waals surface area contributed by atoms with Crippen LogP contribution in [-0.4, -0.2) is 47.3 Å². The van der Waals surface area contributed by atoms with Crippen LogP contribution in [0.3, 0.4) is 0 Å². The van der Waals surface area contributed by atoms with E-state index in [2.05, 4.69) is 35.2 Å². The first-order valence-corrected chi connectivity index (χ1v) is 8.28. The van der Waals surface area contributed by atoms with Crippen molar-refractivity contribution in [1.82, 2.24) is 34.3 Å². The number of anilines is 2. The van der Waals surface area contributed by atoms with Gasteiger partial charge >= 0.3 is 6.36 Å². The van der Waals surface area contributed by atoms with E-state index in [1.54, 1.807) is 23.8 Å². The molecule has 0 fully saturated rings. The van der Waals surface area contributed by atoms with Crippen molar-refractivity contribution in [3.05, 3.63) is 36.0 Å². The van der Waals surface area contributed by atoms with E-state index < -0.39 is 13.0 Å². The Morgan fingerprint density at radius 3 is 2.82 bits per heavy atom. The van der Waals surface area contributed by atoms with E-state index in [4.69, 9.17) is 0 Å². The van der Waals surface area contributed by atoms with Crippen LogP contribution in [0.2, 0.25) is 0 Å². The van der Waals surface area contributed by atoms with Crippen molar-refractivity contribution in [2.24, 2.45) is 0 Å². The number of pyridine rings is 1. The smallest absolute Gasteiger partial charge is 0.323 e. The highest BCUT2D eigenvalue weighted by Gasteiger charge is 2.28. The number of ether oxygens (including phenoxy) is 1. The highest BCUT2D eigenvalue weighted by molar-refractivity contribution is 5.78. The van der Waals surface area contributed by atoms with Crippen LogP contribution in [0.25, 0.3) is 16.7 Å². The standard InChI is InChI=1S/C16H15F3N8O/c1-9-5-13-21-8-22-27(13)7-12(9)23-15-20-6-11-10(2)25-26(14(11)24-15)3-4-28-16(17,18)19/h5-8H,3-4H2,1-2H3,(H,20,23,24). The largest absolute Gasteiger partial charge is 0.522 e. The fraction of sp³-hybridized carbons (Fsp3) is 0.312. The van der Waals surface area contributed by atoms with Crippen molar-refractivity contribution in [2.75, 3.05) is 11.9 Å². The second-order valence-corrected chi connectivity index (χ2v) is 6.09. The third-order valence-electron chi connectivity index (χ3n) is 4.11. The summed E-state index contributed by atoms with van der Waals surface area (Å²) in [5.74, 6) is 0.285. The molecule has 9 nitrogen and oxygen atoms in total. The third kappa shape index (κ3) is 3.58. The molecule has 0 unspecified atom stereocenters. The summed E-state index contributed by atoms with van der Waals surface area (Å²) in [4.78, 5) is 12.8. The normalized spacial score (nSPS) is 12.2. The summed E-state index contributed by atoms with van der Waals surface area (Å²) >= 11 is 0. The molecule has 146 valence electrons. The van der Waals surface area contributed by atoms with Gasteiger partial charge < -0.3 is 5.32 Å². The summed E-state index contributed by atoms with van der Waals surface area (Å²) < 4.78 is 43.4. The highest BCUT2D eigenvalue weighted by atomic mass is 19.4. The number of alkyl halides is 3. The first-order valence-electron chi connectivity index (χ1n) is 8.28. The molecular weight excluding hydrogens is 377 g/mol. The Morgan fingerprint density at radius 2 is 2.04 bits per heavy atom. The molecule has 4 heterocycles. The van der Waals surface area contributed by atoms with Gasteiger partial charge in [0.25, 0.3) is 0 Å². The molecule has 0 spiro atoms. The number of fused-ring (bicyclic) bond motifs is 2. The van der Waals surface area contributed by atoms with Gasteiger partial charge in [0.1, 0.15) is 6.33 Å². The van der Waals surface area contributed by atoms with Gasteiger partial charge in [-0.25, -0.2) is 19.2 Å². The lowest BCUT2D eigenvalue weighted by atomic mass is 10.2. The lowest BCUT2D eigenvalue weighted by molar-refractivity contribution is -0.325. The van der Waals surface area contributed by atoms with E-state index >= 15 is 0 Å². The van der Waals surface area contributed by atoms with Crippen molar-refractivity contribution in [3.8, 4) is 0 Å². The minimum Gasteiger partial charge on any atom is -0.323 e. The van der Waals surface area contributed by atoms with Crippen molar-refractivity contribution in [2.45, 2.75) is 26.8 Å². The summed E-state index contributed by atoms with van der Waals surface area (Å²) in [6.45, 7) is 2.99. The molecule has 1 N–H and O–H groups in total. The van der Waals surface area contributed by atoms with E-state index in [0.29, 0.717) is 22.4 Å². The van der Waals surface area contributed by atoms with Crippen LogP contribution in [0, 0.1) is 13.8 Å². The van der Waals surface area contributed by atoms with Crippen LogP contribution in [0.4, 0.5) is 24.8 Å². The van der Waals surface area contributed by atoms with Gasteiger partial charge in [0.05, 0.1) is 36.1 Å². The van der Waals surface area contributed by atoms with E-state index in [1.165, 1.54) is 11.0 Å². The summed E-state index contributed by atoms with van der Waals surface area (Å²) in [5, 5.41) is 12.1. The number of hydrogen-bond donors (Lipinski definition) is 1. The van der Waals surface area contributed by atoms with Gasteiger partial charge in [-0.3, -0.25) is 4.74 Å². The molecular formula is C16H15F3N8O. The fourth-order valence-corrected chi connectivity index (χ4v) is 2.78. The van der Waals surface area contributed by atoms with Crippen molar-refractivity contribution in [1.29, 1.82) is 0 Å². The van der Waals surface area contributed by atoms with Crippen LogP contribution in [0.15, 0.2) is 24.8 Å². The number of aromatic nitrogens is 7. The molecule has 0 atom stereocenters. The molecule has 0 aromatic carbocycles. The van der Waals surface area contributed by atoms with E-state index in [0.717, 1.165) is 11.3 Å². The van der Waals surface area contributed by atoms with Crippen LogP contribution in [0.1, 0.15) is 11.3 Å². The zero-order chi connectivity index (χ0) is 19.9. The maximum atomic E-state index is 12.2. The molecule has 0 aliphatic heterocycles. The van der Waals surface area contributed by atoms with Gasteiger partial charge in [-0.05, 0) is 25.5 Å². The van der Waals surface area contributed by atoms with Gasteiger partial charge in [0.2, 0.25) is 5.95 Å². The second kappa shape index (κ2) is 6.71. The monoisotopic (exact) mass is 392 g/mol. The van der Waals surface area contributed by atoms with Gasteiger partial charge in [0.15, 0.2) is 11.3 Å². The molecule has 28 heavy (non-hydrogen) atoms. The minimum absolute atomic E-state index is 0.0930. The first kappa shape index (κ1) is 18.1. The van der Waals surface area contributed by atoms with Crippen molar-refractivity contribution < 1.29 is 17.9 Å². The number of nitrogens with zero attached hydrogens (tertiary/aromatic N) is 7. The Labute approximate surface area is 156 Å². The molecule has 4 aromatic rings. The van der Waals surface area contributed by atoms with E-state index in [9.17, 15) is 13.2 Å². The summed E-state index contributed by atoms with van der Waals surface area (Å²) in [6, 6.07) is 1.86. The number of aryl methyl sites for hydroxylation is 2. The van der Waals surface area contributed by atoms with E-state index in [-0.39, 0.29) is 12.5 Å². The second-order valence-electron chi connectivity index (χ2n) is 6.09. The van der Waals surface area contributed by atoms with Crippen LogP contribution >= 0.6 is 0 Å². The van der Waals surface area contributed by atoms with Crippen LogP contribution < -0.4 is 5.32 Å². The highest BCUT2D eigenvalue weighted by Crippen LogP contribution is 2.22. The van der Waals surface area contributed by atoms with Crippen LogP contribution in [-0.2, 0) is 11.3 Å². The summed E-state index contributed by atoms with van der Waals surface area (Å²) in [7, 11) is 0. The lowest BCUT2D eigenvalue weighted by Crippen LogP contribution is -2.18. The van der Waals surface area contributed by atoms with Gasteiger partial charge in [-0.2, -0.15) is 15.2 Å². The molecule has 0 aliphatic rings. The summed E-state index contributed by atoms with van der Waals surface area (Å²) in [6.07, 6.45) is 0.102. The van der Waals surface area contributed by atoms with E-state index in [1.807, 2.05) is 13.0 Å². The molecule has 0 aliphatic carbocycles. The van der Waals surface area contributed by atoms with Crippen LogP contribution in [0.5, 0.6) is 0 Å². The Bertz CT molecular complexity index is 1150. The molecule has 12 heteroatoms. The van der Waals surface area contributed by atoms with Crippen molar-refractivity contribution in [3.63, 3.8) is 0 Å². The zero-order valence-electron chi connectivity index (χ0n) is 14.9.